The Morgan fingerprint density at radius 1 is 0.590 bits per heavy atom. The summed E-state index contributed by atoms with van der Waals surface area (Å²) in [5.41, 5.74) is 14.5. The molecule has 8 nitrogen and oxygen atoms in total. The normalized spacial score (nSPS) is 21.0. The van der Waals surface area contributed by atoms with Crippen LogP contribution in [0.5, 0.6) is 11.5 Å². The lowest BCUT2D eigenvalue weighted by Gasteiger charge is -2.28. The van der Waals surface area contributed by atoms with E-state index in [-0.39, 0.29) is 11.3 Å². The standard InChI is InChI=1S/C53H74N2O6/c1-3-5-7-9-11-38-13-17-42(18-14-38)36-60-45-28-21-40(22-29-45)25-33-49(56)52(58)51(47-32-27-44(54)35-48(47)55)53(59)50(57)34-26-41-23-30-46(31-24-41)61-37-43-19-15-39(16-20-43)12-10-8-6-4-2/h21-35,38-39,42-43,51-53,58-59H,3-20,36-37,54-55H2,1-2H3/b33-25+,34-26+. The van der Waals surface area contributed by atoms with Gasteiger partial charge in [0.25, 0.3) is 0 Å². The van der Waals surface area contributed by atoms with Gasteiger partial charge in [0, 0.05) is 11.4 Å². The molecule has 3 aromatic carbocycles. The number of nitrogens with two attached hydrogens (primary N) is 2. The van der Waals surface area contributed by atoms with Crippen molar-refractivity contribution in [2.24, 2.45) is 23.7 Å². The molecule has 2 aliphatic carbocycles. The molecule has 6 N–H and O–H groups in total. The topological polar surface area (TPSA) is 145 Å². The van der Waals surface area contributed by atoms with Crippen molar-refractivity contribution in [1.82, 2.24) is 0 Å². The summed E-state index contributed by atoms with van der Waals surface area (Å²) in [5, 5.41) is 22.8. The van der Waals surface area contributed by atoms with E-state index < -0.39 is 29.7 Å². The number of aliphatic hydroxyl groups is 2. The van der Waals surface area contributed by atoms with Crippen molar-refractivity contribution in [3.8, 4) is 11.5 Å². The van der Waals surface area contributed by atoms with Crippen LogP contribution in [0.4, 0.5) is 11.4 Å². The number of hydrogen-bond donors (Lipinski definition) is 4. The first-order valence-corrected chi connectivity index (χ1v) is 23.5. The van der Waals surface area contributed by atoms with Gasteiger partial charge in [-0.1, -0.05) is 146 Å². The number of benzene rings is 3. The van der Waals surface area contributed by atoms with Gasteiger partial charge in [-0.2, -0.15) is 0 Å². The Morgan fingerprint density at radius 2 is 1.00 bits per heavy atom. The molecule has 5 rings (SSSR count). The highest BCUT2D eigenvalue weighted by molar-refractivity contribution is 6.01. The SMILES string of the molecule is CCCCCCC1CCC(COc2ccc(/C=C/C(=O)C(O)C(c3ccc(N)cc3N)C(O)C(=O)/C=C/c3ccc(OCC4CCC(CCCCCC)CC4)cc3)cc2)CC1. The third kappa shape index (κ3) is 15.8. The van der Waals surface area contributed by atoms with Crippen LogP contribution in [0.3, 0.4) is 0 Å². The lowest BCUT2D eigenvalue weighted by molar-refractivity contribution is -0.130. The summed E-state index contributed by atoms with van der Waals surface area (Å²) < 4.78 is 12.3. The van der Waals surface area contributed by atoms with Gasteiger partial charge in [-0.25, -0.2) is 0 Å². The molecule has 2 saturated carbocycles. The summed E-state index contributed by atoms with van der Waals surface area (Å²) in [6, 6.07) is 19.6. The third-order valence-electron chi connectivity index (χ3n) is 13.2. The molecular formula is C53H74N2O6. The molecule has 8 heteroatoms. The molecule has 2 unspecified atom stereocenters. The maximum absolute atomic E-state index is 13.5. The minimum absolute atomic E-state index is 0.161. The van der Waals surface area contributed by atoms with Gasteiger partial charge in [-0.3, -0.25) is 9.59 Å². The highest BCUT2D eigenvalue weighted by Gasteiger charge is 2.36. The Balaban J connectivity index is 1.11. The molecule has 0 amide bonds. The van der Waals surface area contributed by atoms with Crippen LogP contribution in [-0.4, -0.2) is 47.2 Å². The zero-order valence-electron chi connectivity index (χ0n) is 37.0. The fourth-order valence-electron chi connectivity index (χ4n) is 9.19. The molecule has 0 saturated heterocycles. The molecule has 0 radical (unpaired) electrons. The van der Waals surface area contributed by atoms with Crippen LogP contribution in [0.1, 0.15) is 152 Å². The molecular weight excluding hydrogens is 761 g/mol. The van der Waals surface area contributed by atoms with E-state index in [0.29, 0.717) is 30.7 Å². The molecule has 0 spiro atoms. The van der Waals surface area contributed by atoms with Gasteiger partial charge in [0.15, 0.2) is 11.6 Å². The smallest absolute Gasteiger partial charge is 0.184 e. The van der Waals surface area contributed by atoms with Gasteiger partial charge in [-0.05, 0) is 115 Å². The van der Waals surface area contributed by atoms with E-state index in [1.54, 1.807) is 18.2 Å². The van der Waals surface area contributed by atoms with Crippen LogP contribution < -0.4 is 20.9 Å². The number of carbonyl (C=O) groups is 2. The van der Waals surface area contributed by atoms with E-state index in [0.717, 1.165) is 34.5 Å². The van der Waals surface area contributed by atoms with Crippen LogP contribution in [0.25, 0.3) is 12.2 Å². The largest absolute Gasteiger partial charge is 0.493 e. The number of aliphatic hydroxyl groups excluding tert-OH is 2. The van der Waals surface area contributed by atoms with Crippen LogP contribution in [0, 0.1) is 23.7 Å². The average molecular weight is 835 g/mol. The predicted octanol–water partition coefficient (Wildman–Crippen LogP) is 11.5. The number of ether oxygens (including phenoxy) is 2. The maximum atomic E-state index is 13.5. The van der Waals surface area contributed by atoms with Gasteiger partial charge < -0.3 is 31.2 Å². The van der Waals surface area contributed by atoms with Gasteiger partial charge in [0.05, 0.1) is 19.1 Å². The Kier molecular flexibility index (Phi) is 19.9. The molecule has 2 fully saturated rings. The highest BCUT2D eigenvalue weighted by Crippen LogP contribution is 2.35. The number of hydrogen-bond acceptors (Lipinski definition) is 8. The van der Waals surface area contributed by atoms with E-state index in [9.17, 15) is 19.8 Å². The zero-order chi connectivity index (χ0) is 43.4. The summed E-state index contributed by atoms with van der Waals surface area (Å²) in [5.74, 6) is 1.74. The Labute approximate surface area is 366 Å². The first kappa shape index (κ1) is 47.6. The molecule has 3 aromatic rings. The van der Waals surface area contributed by atoms with Crippen molar-refractivity contribution in [1.29, 1.82) is 0 Å². The molecule has 0 aromatic heterocycles. The van der Waals surface area contributed by atoms with E-state index in [4.69, 9.17) is 20.9 Å². The first-order valence-electron chi connectivity index (χ1n) is 23.5. The number of anilines is 2. The number of nitrogen functional groups attached to an aromatic ring is 2. The average Bonchev–Trinajstić information content (AvgIpc) is 3.28. The van der Waals surface area contributed by atoms with Crippen molar-refractivity contribution in [3.05, 3.63) is 95.6 Å². The van der Waals surface area contributed by atoms with Crippen LogP contribution >= 0.6 is 0 Å². The predicted molar refractivity (Wildman–Crippen MR) is 250 cm³/mol. The summed E-state index contributed by atoms with van der Waals surface area (Å²) in [6.45, 7) is 5.93. The number of rotatable bonds is 25. The van der Waals surface area contributed by atoms with Gasteiger partial charge >= 0.3 is 0 Å². The zero-order valence-corrected chi connectivity index (χ0v) is 37.0. The van der Waals surface area contributed by atoms with Crippen LogP contribution in [0.15, 0.2) is 78.9 Å². The maximum Gasteiger partial charge on any atom is 0.184 e. The minimum atomic E-state index is -1.76. The second kappa shape index (κ2) is 25.5. The summed E-state index contributed by atoms with van der Waals surface area (Å²) in [4.78, 5) is 26.9. The van der Waals surface area contributed by atoms with Crippen molar-refractivity contribution < 1.29 is 29.3 Å². The fourth-order valence-corrected chi connectivity index (χ4v) is 9.19. The van der Waals surface area contributed by atoms with Crippen LogP contribution in [0.2, 0.25) is 0 Å². The molecule has 332 valence electrons. The molecule has 2 aliphatic rings. The second-order valence-corrected chi connectivity index (χ2v) is 18.0. The molecule has 2 atom stereocenters. The van der Waals surface area contributed by atoms with Gasteiger partial charge in [-0.15, -0.1) is 0 Å². The number of ketones is 2. The minimum Gasteiger partial charge on any atom is -0.493 e. The van der Waals surface area contributed by atoms with Crippen LogP contribution in [-0.2, 0) is 9.59 Å². The Hall–Kier alpha value is -4.40. The first-order chi connectivity index (χ1) is 29.6. The fraction of sp³-hybridized carbons (Fsp3) is 0.547. The van der Waals surface area contributed by atoms with E-state index >= 15 is 0 Å². The van der Waals surface area contributed by atoms with E-state index in [1.165, 1.54) is 140 Å². The monoisotopic (exact) mass is 835 g/mol. The second-order valence-electron chi connectivity index (χ2n) is 18.0. The quantitative estimate of drug-likeness (QED) is 0.0375. The van der Waals surface area contributed by atoms with Gasteiger partial charge in [0.2, 0.25) is 0 Å². The lowest BCUT2D eigenvalue weighted by Crippen LogP contribution is -2.39. The number of carbonyl (C=O) groups excluding carboxylic acids is 2. The highest BCUT2D eigenvalue weighted by atomic mass is 16.5. The van der Waals surface area contributed by atoms with Crippen molar-refractivity contribution in [3.63, 3.8) is 0 Å². The van der Waals surface area contributed by atoms with Gasteiger partial charge in [0.1, 0.15) is 23.7 Å². The third-order valence-corrected chi connectivity index (χ3v) is 13.2. The van der Waals surface area contributed by atoms with Crippen molar-refractivity contribution in [2.45, 2.75) is 148 Å². The molecule has 61 heavy (non-hydrogen) atoms. The summed E-state index contributed by atoms with van der Waals surface area (Å²) in [6.07, 6.45) is 25.6. The molecule has 0 aliphatic heterocycles. The van der Waals surface area contributed by atoms with E-state index in [1.807, 2.05) is 48.5 Å². The van der Waals surface area contributed by atoms with Crippen molar-refractivity contribution >= 4 is 35.1 Å². The van der Waals surface area contributed by atoms with Crippen molar-refractivity contribution in [2.75, 3.05) is 24.7 Å². The van der Waals surface area contributed by atoms with E-state index in [2.05, 4.69) is 13.8 Å². The Bertz CT molecular complexity index is 1700. The lowest BCUT2D eigenvalue weighted by atomic mass is 9.80. The summed E-state index contributed by atoms with van der Waals surface area (Å²) in [7, 11) is 0. The molecule has 0 bridgehead atoms. The summed E-state index contributed by atoms with van der Waals surface area (Å²) >= 11 is 0. The molecule has 0 heterocycles. The Morgan fingerprint density at radius 3 is 1.39 bits per heavy atom. The number of unbranched alkanes of at least 4 members (excludes halogenated alkanes) is 6.